The zero-order valence-corrected chi connectivity index (χ0v) is 13.0. The maximum absolute atomic E-state index is 13.8. The van der Waals surface area contributed by atoms with E-state index in [0.29, 0.717) is 23.4 Å². The molecule has 2 rings (SSSR count). The van der Waals surface area contributed by atoms with E-state index in [1.165, 1.54) is 6.07 Å². The second-order valence-corrected chi connectivity index (χ2v) is 5.78. The van der Waals surface area contributed by atoms with E-state index in [-0.39, 0.29) is 11.9 Å². The number of nitrogens with one attached hydrogen (secondary N) is 1. The number of rotatable bonds is 6. The van der Waals surface area contributed by atoms with Gasteiger partial charge in [-0.2, -0.15) is 0 Å². The van der Waals surface area contributed by atoms with Crippen LogP contribution in [-0.4, -0.2) is 25.4 Å². The first-order valence-corrected chi connectivity index (χ1v) is 7.62. The molecule has 5 heteroatoms. The van der Waals surface area contributed by atoms with Crippen LogP contribution in [-0.2, 0) is 4.74 Å². The Balaban J connectivity index is 2.05. The standard InChI is InChI=1S/C16H25FN2O2/c1-4-15-11(5-6-20-15)9-19-14-8-16(21-10(2)3)12(17)7-13(14)18/h7-8,10-11,15,19H,4-6,9,18H2,1-3H3. The summed E-state index contributed by atoms with van der Waals surface area (Å²) in [6.07, 6.45) is 2.27. The van der Waals surface area contributed by atoms with Gasteiger partial charge in [-0.05, 0) is 26.7 Å². The molecular weight excluding hydrogens is 271 g/mol. The van der Waals surface area contributed by atoms with Gasteiger partial charge in [0.25, 0.3) is 0 Å². The fourth-order valence-corrected chi connectivity index (χ4v) is 2.68. The summed E-state index contributed by atoms with van der Waals surface area (Å²) in [7, 11) is 0. The lowest BCUT2D eigenvalue weighted by Gasteiger charge is -2.19. The largest absolute Gasteiger partial charge is 0.488 e. The maximum atomic E-state index is 13.8. The highest BCUT2D eigenvalue weighted by molar-refractivity contribution is 5.68. The fourth-order valence-electron chi connectivity index (χ4n) is 2.68. The molecule has 0 saturated carbocycles. The highest BCUT2D eigenvalue weighted by Gasteiger charge is 2.26. The molecule has 4 nitrogen and oxygen atoms in total. The summed E-state index contributed by atoms with van der Waals surface area (Å²) in [6, 6.07) is 2.95. The van der Waals surface area contributed by atoms with Gasteiger partial charge in [0.15, 0.2) is 11.6 Å². The predicted octanol–water partition coefficient (Wildman–Crippen LogP) is 3.42. The molecule has 2 unspecified atom stereocenters. The van der Waals surface area contributed by atoms with Gasteiger partial charge in [-0.3, -0.25) is 0 Å². The van der Waals surface area contributed by atoms with Crippen LogP contribution >= 0.6 is 0 Å². The van der Waals surface area contributed by atoms with E-state index >= 15 is 0 Å². The van der Waals surface area contributed by atoms with Gasteiger partial charge in [0.1, 0.15) is 0 Å². The SMILES string of the molecule is CCC1OCCC1CNc1cc(OC(C)C)c(F)cc1N. The van der Waals surface area contributed by atoms with E-state index in [1.54, 1.807) is 6.07 Å². The van der Waals surface area contributed by atoms with Crippen molar-refractivity contribution in [3.8, 4) is 5.75 Å². The van der Waals surface area contributed by atoms with Crippen molar-refractivity contribution in [2.75, 3.05) is 24.2 Å². The smallest absolute Gasteiger partial charge is 0.167 e. The first kappa shape index (κ1) is 15.9. The summed E-state index contributed by atoms with van der Waals surface area (Å²) in [5.41, 5.74) is 7.00. The highest BCUT2D eigenvalue weighted by Crippen LogP contribution is 2.30. The highest BCUT2D eigenvalue weighted by atomic mass is 19.1. The van der Waals surface area contributed by atoms with Crippen molar-refractivity contribution in [3.63, 3.8) is 0 Å². The molecule has 1 aromatic carbocycles. The van der Waals surface area contributed by atoms with Crippen LogP contribution in [0.1, 0.15) is 33.6 Å². The summed E-state index contributed by atoms with van der Waals surface area (Å²) in [4.78, 5) is 0. The molecule has 0 aliphatic carbocycles. The third-order valence-corrected chi connectivity index (χ3v) is 3.77. The number of benzene rings is 1. The van der Waals surface area contributed by atoms with Crippen LogP contribution in [0.2, 0.25) is 0 Å². The Morgan fingerprint density at radius 3 is 2.90 bits per heavy atom. The molecule has 3 N–H and O–H groups in total. The lowest BCUT2D eigenvalue weighted by molar-refractivity contribution is 0.0900. The zero-order chi connectivity index (χ0) is 15.4. The fraction of sp³-hybridized carbons (Fsp3) is 0.625. The van der Waals surface area contributed by atoms with Gasteiger partial charge in [-0.1, -0.05) is 6.92 Å². The number of nitrogens with two attached hydrogens (primary N) is 1. The summed E-state index contributed by atoms with van der Waals surface area (Å²) in [5, 5.41) is 3.31. The Hall–Kier alpha value is -1.49. The molecule has 21 heavy (non-hydrogen) atoms. The zero-order valence-electron chi connectivity index (χ0n) is 13.0. The maximum Gasteiger partial charge on any atom is 0.167 e. The molecule has 1 heterocycles. The van der Waals surface area contributed by atoms with Crippen molar-refractivity contribution >= 4 is 11.4 Å². The Morgan fingerprint density at radius 2 is 2.24 bits per heavy atom. The second kappa shape index (κ2) is 6.98. The lowest BCUT2D eigenvalue weighted by Crippen LogP contribution is -2.23. The van der Waals surface area contributed by atoms with Gasteiger partial charge in [0.2, 0.25) is 0 Å². The van der Waals surface area contributed by atoms with Crippen LogP contribution in [0.15, 0.2) is 12.1 Å². The van der Waals surface area contributed by atoms with Crippen molar-refractivity contribution in [1.82, 2.24) is 0 Å². The van der Waals surface area contributed by atoms with Crippen molar-refractivity contribution in [3.05, 3.63) is 17.9 Å². The average Bonchev–Trinajstić information content (AvgIpc) is 2.87. The summed E-state index contributed by atoms with van der Waals surface area (Å²) < 4.78 is 24.9. The average molecular weight is 296 g/mol. The molecule has 1 aromatic rings. The van der Waals surface area contributed by atoms with Gasteiger partial charge >= 0.3 is 0 Å². The molecule has 0 spiro atoms. The molecule has 1 fully saturated rings. The second-order valence-electron chi connectivity index (χ2n) is 5.78. The molecule has 2 atom stereocenters. The van der Waals surface area contributed by atoms with Crippen LogP contribution in [0.25, 0.3) is 0 Å². The van der Waals surface area contributed by atoms with Gasteiger partial charge in [-0.15, -0.1) is 0 Å². The molecule has 0 bridgehead atoms. The molecular formula is C16H25FN2O2. The summed E-state index contributed by atoms with van der Waals surface area (Å²) in [6.45, 7) is 7.44. The van der Waals surface area contributed by atoms with Crippen LogP contribution in [0.4, 0.5) is 15.8 Å². The van der Waals surface area contributed by atoms with E-state index in [2.05, 4.69) is 12.2 Å². The number of hydrogen-bond acceptors (Lipinski definition) is 4. The number of hydrogen-bond donors (Lipinski definition) is 2. The predicted molar refractivity (Wildman–Crippen MR) is 83.2 cm³/mol. The number of halogens is 1. The van der Waals surface area contributed by atoms with Gasteiger partial charge in [-0.25, -0.2) is 4.39 Å². The molecule has 1 aliphatic rings. The minimum absolute atomic E-state index is 0.0799. The third kappa shape index (κ3) is 4.00. The van der Waals surface area contributed by atoms with Crippen molar-refractivity contribution < 1.29 is 13.9 Å². The molecule has 0 radical (unpaired) electrons. The first-order valence-electron chi connectivity index (χ1n) is 7.62. The molecule has 118 valence electrons. The molecule has 1 aliphatic heterocycles. The van der Waals surface area contributed by atoms with E-state index in [9.17, 15) is 4.39 Å². The van der Waals surface area contributed by atoms with E-state index in [0.717, 1.165) is 26.0 Å². The van der Waals surface area contributed by atoms with Crippen molar-refractivity contribution in [2.45, 2.75) is 45.8 Å². The van der Waals surface area contributed by atoms with E-state index in [1.807, 2.05) is 13.8 Å². The number of nitrogen functional groups attached to an aromatic ring is 1. The topological polar surface area (TPSA) is 56.5 Å². The quantitative estimate of drug-likeness (QED) is 0.790. The number of ether oxygens (including phenoxy) is 2. The van der Waals surface area contributed by atoms with Crippen LogP contribution < -0.4 is 15.8 Å². The lowest BCUT2D eigenvalue weighted by atomic mass is 9.99. The van der Waals surface area contributed by atoms with Gasteiger partial charge in [0, 0.05) is 31.2 Å². The van der Waals surface area contributed by atoms with E-state index in [4.69, 9.17) is 15.2 Å². The van der Waals surface area contributed by atoms with Gasteiger partial charge < -0.3 is 20.5 Å². The van der Waals surface area contributed by atoms with Gasteiger partial charge in [0.05, 0.1) is 23.6 Å². The minimum Gasteiger partial charge on any atom is -0.488 e. The monoisotopic (exact) mass is 296 g/mol. The van der Waals surface area contributed by atoms with Crippen molar-refractivity contribution in [2.24, 2.45) is 5.92 Å². The Labute approximate surface area is 125 Å². The summed E-state index contributed by atoms with van der Waals surface area (Å²) >= 11 is 0. The molecule has 0 amide bonds. The van der Waals surface area contributed by atoms with Crippen LogP contribution in [0, 0.1) is 11.7 Å². The van der Waals surface area contributed by atoms with Crippen molar-refractivity contribution in [1.29, 1.82) is 0 Å². The number of anilines is 2. The van der Waals surface area contributed by atoms with E-state index < -0.39 is 5.82 Å². The van der Waals surface area contributed by atoms with Crippen LogP contribution in [0.3, 0.4) is 0 Å². The molecule has 0 aromatic heterocycles. The third-order valence-electron chi connectivity index (χ3n) is 3.77. The summed E-state index contributed by atoms with van der Waals surface area (Å²) in [5.74, 6) is 0.271. The Kier molecular flexibility index (Phi) is 5.28. The Bertz CT molecular complexity index is 480. The minimum atomic E-state index is -0.428. The Morgan fingerprint density at radius 1 is 1.48 bits per heavy atom. The van der Waals surface area contributed by atoms with Crippen LogP contribution in [0.5, 0.6) is 5.75 Å². The molecule has 1 saturated heterocycles. The first-order chi connectivity index (χ1) is 10.0. The normalized spacial score (nSPS) is 21.8.